The van der Waals surface area contributed by atoms with Crippen molar-refractivity contribution in [1.82, 2.24) is 30.0 Å². The van der Waals surface area contributed by atoms with Gasteiger partial charge in [-0.1, -0.05) is 0 Å². The van der Waals surface area contributed by atoms with Crippen LogP contribution < -0.4 is 10.2 Å². The molecule has 7 rings (SSSR count). The van der Waals surface area contributed by atoms with Crippen molar-refractivity contribution in [3.05, 3.63) is 91.0 Å². The third-order valence-corrected chi connectivity index (χ3v) is 9.17. The van der Waals surface area contributed by atoms with Crippen molar-refractivity contribution < 1.29 is 18.7 Å². The molecular weight excluding hydrogens is 623 g/mol. The number of hydrogen-bond acceptors (Lipinski definition) is 8. The molecule has 2 N–H and O–H groups in total. The molecule has 2 aliphatic heterocycles. The first-order valence-corrected chi connectivity index (χ1v) is 16.6. The van der Waals surface area contributed by atoms with Gasteiger partial charge in [0, 0.05) is 79.6 Å². The average Bonchev–Trinajstić information content (AvgIpc) is 3.73. The van der Waals surface area contributed by atoms with E-state index in [4.69, 9.17) is 4.74 Å². The quantitative estimate of drug-likeness (QED) is 0.227. The number of ether oxygens (including phenoxy) is 1. The number of H-pyrrole nitrogens is 1. The van der Waals surface area contributed by atoms with Gasteiger partial charge in [-0.15, -0.1) is 0 Å². The number of aromatic nitrogens is 4. The zero-order chi connectivity index (χ0) is 34.0. The zero-order valence-corrected chi connectivity index (χ0v) is 27.6. The Bertz CT molecular complexity index is 1930. The minimum Gasteiger partial charge on any atom is -0.368 e. The fraction of sp³-hybridized carbons (Fsp3) is 0.324. The largest absolute Gasteiger partial charge is 0.368 e. The highest BCUT2D eigenvalue weighted by atomic mass is 19.1. The van der Waals surface area contributed by atoms with E-state index in [0.29, 0.717) is 49.8 Å². The van der Waals surface area contributed by atoms with Crippen LogP contribution in [0.4, 0.5) is 15.8 Å². The number of nitrogens with one attached hydrogen (secondary N) is 2. The highest BCUT2D eigenvalue weighted by molar-refractivity contribution is 6.01. The second-order valence-corrected chi connectivity index (χ2v) is 12.9. The maximum absolute atomic E-state index is 13.9. The Morgan fingerprint density at radius 1 is 0.939 bits per heavy atom. The molecule has 0 unspecified atom stereocenters. The van der Waals surface area contributed by atoms with Crippen molar-refractivity contribution in [2.45, 2.75) is 32.0 Å². The number of anilines is 2. The van der Waals surface area contributed by atoms with E-state index in [9.17, 15) is 14.0 Å². The normalized spacial score (nSPS) is 18.4. The van der Waals surface area contributed by atoms with Gasteiger partial charge in [-0.25, -0.2) is 14.4 Å². The topological polar surface area (TPSA) is 120 Å². The van der Waals surface area contributed by atoms with E-state index in [0.717, 1.165) is 40.8 Å². The summed E-state index contributed by atoms with van der Waals surface area (Å²) in [5.41, 5.74) is 3.80. The van der Waals surface area contributed by atoms with E-state index in [-0.39, 0.29) is 30.3 Å². The first-order valence-electron chi connectivity index (χ1n) is 16.6. The smallest absolute Gasteiger partial charge is 0.258 e. The van der Waals surface area contributed by atoms with Gasteiger partial charge in [0.2, 0.25) is 5.91 Å². The number of benzene rings is 3. The molecule has 0 spiro atoms. The molecule has 252 valence electrons. The Morgan fingerprint density at radius 2 is 1.65 bits per heavy atom. The van der Waals surface area contributed by atoms with Gasteiger partial charge in [0.15, 0.2) is 11.4 Å². The third kappa shape index (κ3) is 7.01. The molecule has 0 radical (unpaired) electrons. The zero-order valence-electron chi connectivity index (χ0n) is 27.6. The van der Waals surface area contributed by atoms with Crippen molar-refractivity contribution in [3.8, 4) is 22.6 Å². The number of nitrogens with zero attached hydrogens (tertiary/aromatic N) is 6. The fourth-order valence-electron chi connectivity index (χ4n) is 6.72. The van der Waals surface area contributed by atoms with E-state index in [1.54, 1.807) is 30.6 Å². The predicted octanol–water partition coefficient (Wildman–Crippen LogP) is 4.98. The predicted molar refractivity (Wildman–Crippen MR) is 186 cm³/mol. The van der Waals surface area contributed by atoms with Gasteiger partial charge in [0.1, 0.15) is 5.82 Å². The van der Waals surface area contributed by atoms with E-state index in [1.807, 2.05) is 54.0 Å². The minimum absolute atomic E-state index is 0.0516. The molecule has 0 saturated carbocycles. The van der Waals surface area contributed by atoms with Crippen molar-refractivity contribution in [2.24, 2.45) is 0 Å². The van der Waals surface area contributed by atoms with Crippen molar-refractivity contribution >= 4 is 34.1 Å². The average molecular weight is 663 g/mol. The van der Waals surface area contributed by atoms with E-state index in [1.165, 1.54) is 12.1 Å². The first kappa shape index (κ1) is 32.4. The maximum Gasteiger partial charge on any atom is 0.258 e. The fourth-order valence-corrected chi connectivity index (χ4v) is 6.72. The maximum atomic E-state index is 13.9. The van der Waals surface area contributed by atoms with Crippen molar-refractivity contribution in [3.63, 3.8) is 0 Å². The van der Waals surface area contributed by atoms with E-state index < -0.39 is 5.60 Å². The molecule has 3 aromatic carbocycles. The van der Waals surface area contributed by atoms with Crippen LogP contribution in [-0.4, -0.2) is 99.3 Å². The highest BCUT2D eigenvalue weighted by Crippen LogP contribution is 2.32. The second kappa shape index (κ2) is 13.7. The Hall–Kier alpha value is -5.20. The third-order valence-electron chi connectivity index (χ3n) is 9.17. The summed E-state index contributed by atoms with van der Waals surface area (Å²) in [6.07, 6.45) is 3.75. The van der Waals surface area contributed by atoms with Gasteiger partial charge in [-0.3, -0.25) is 19.6 Å². The second-order valence-electron chi connectivity index (χ2n) is 12.9. The van der Waals surface area contributed by atoms with Crippen LogP contribution in [-0.2, 0) is 14.3 Å². The number of halogens is 1. The first-order chi connectivity index (χ1) is 23.8. The molecule has 2 aliphatic rings. The van der Waals surface area contributed by atoms with Crippen LogP contribution >= 0.6 is 0 Å². The molecule has 2 aromatic heterocycles. The lowest BCUT2D eigenvalue weighted by Gasteiger charge is -2.37. The van der Waals surface area contributed by atoms with Crippen LogP contribution in [0.25, 0.3) is 33.5 Å². The van der Waals surface area contributed by atoms with Gasteiger partial charge in [0.25, 0.3) is 5.91 Å². The molecule has 5 aromatic rings. The number of rotatable bonds is 9. The minimum atomic E-state index is -1.10. The summed E-state index contributed by atoms with van der Waals surface area (Å²) in [5, 5.41) is 11.3. The van der Waals surface area contributed by atoms with Crippen LogP contribution in [0.3, 0.4) is 0 Å². The molecular formula is C37H39FN8O3. The molecule has 12 heteroatoms. The Morgan fingerprint density at radius 3 is 2.37 bits per heavy atom. The molecule has 2 amide bonds. The van der Waals surface area contributed by atoms with Gasteiger partial charge < -0.3 is 19.9 Å². The molecule has 11 nitrogen and oxygen atoms in total. The number of carbonyl (C=O) groups is 2. The molecule has 1 atom stereocenters. The lowest BCUT2D eigenvalue weighted by atomic mass is 10.0. The summed E-state index contributed by atoms with van der Waals surface area (Å²) in [6.45, 7) is 7.66. The number of aromatic amines is 1. The number of amides is 2. The van der Waals surface area contributed by atoms with Gasteiger partial charge >= 0.3 is 0 Å². The van der Waals surface area contributed by atoms with Gasteiger partial charge in [-0.2, -0.15) is 5.10 Å². The van der Waals surface area contributed by atoms with Gasteiger partial charge in [-0.05, 0) is 93.1 Å². The molecule has 49 heavy (non-hydrogen) atoms. The van der Waals surface area contributed by atoms with E-state index in [2.05, 4.69) is 42.5 Å². The lowest BCUT2D eigenvalue weighted by molar-refractivity contribution is -0.146. The Labute approximate surface area is 284 Å². The Kier molecular flexibility index (Phi) is 9.07. The molecule has 2 fully saturated rings. The van der Waals surface area contributed by atoms with Crippen LogP contribution in [0.1, 0.15) is 20.3 Å². The lowest BCUT2D eigenvalue weighted by Crippen LogP contribution is -2.52. The van der Waals surface area contributed by atoms with Gasteiger partial charge in [0.05, 0.1) is 23.9 Å². The van der Waals surface area contributed by atoms with Crippen LogP contribution in [0.5, 0.6) is 0 Å². The number of piperazine rings is 1. The standard InChI is InChI=1S/C37H39FN8O3/c1-25(2)49-37(36(48)41-29-10-13-32-31(22-29)34(43-42-32)26-4-8-28(38)9-5-26)14-17-44(24-37)23-33(47)46-20-18-45(19-21-46)30-11-6-27(7-12-30)35-39-15-3-16-40-35/h3-13,15-16,22,25H,14,17-21,23-24H2,1-2H3,(H,41,48)(H,42,43)/t37-/m0/s1. The molecule has 2 saturated heterocycles. The summed E-state index contributed by atoms with van der Waals surface area (Å²) < 4.78 is 19.8. The Balaban J connectivity index is 0.967. The van der Waals surface area contributed by atoms with Crippen molar-refractivity contribution in [1.29, 1.82) is 0 Å². The SMILES string of the molecule is CC(C)O[C@@]1(C(=O)Nc2ccc3[nH]nc(-c4ccc(F)cc4)c3c2)CCN(CC(=O)N2CCN(c3ccc(-c4ncccn4)cc3)CC2)C1. The molecule has 0 bridgehead atoms. The van der Waals surface area contributed by atoms with E-state index >= 15 is 0 Å². The summed E-state index contributed by atoms with van der Waals surface area (Å²) in [4.78, 5) is 42.2. The monoisotopic (exact) mass is 662 g/mol. The summed E-state index contributed by atoms with van der Waals surface area (Å²) in [7, 11) is 0. The number of likely N-dealkylation sites (tertiary alicyclic amines) is 1. The van der Waals surface area contributed by atoms with Crippen LogP contribution in [0.2, 0.25) is 0 Å². The van der Waals surface area contributed by atoms with Crippen LogP contribution in [0, 0.1) is 5.82 Å². The summed E-state index contributed by atoms with van der Waals surface area (Å²) in [6, 6.07) is 21.7. The van der Waals surface area contributed by atoms with Crippen molar-refractivity contribution in [2.75, 3.05) is 56.0 Å². The number of fused-ring (bicyclic) bond motifs is 1. The molecule has 0 aliphatic carbocycles. The summed E-state index contributed by atoms with van der Waals surface area (Å²) in [5.74, 6) is 0.176. The highest BCUT2D eigenvalue weighted by Gasteiger charge is 2.47. The summed E-state index contributed by atoms with van der Waals surface area (Å²) >= 11 is 0. The number of hydrogen-bond donors (Lipinski definition) is 2. The van der Waals surface area contributed by atoms with Crippen LogP contribution in [0.15, 0.2) is 85.2 Å². The molecule has 4 heterocycles. The number of carbonyl (C=O) groups excluding carboxylic acids is 2.